The van der Waals surface area contributed by atoms with Crippen LogP contribution in [-0.2, 0) is 4.79 Å². The van der Waals surface area contributed by atoms with Crippen molar-refractivity contribution in [1.82, 2.24) is 10.6 Å². The van der Waals surface area contributed by atoms with Crippen molar-refractivity contribution in [3.8, 4) is 0 Å². The van der Waals surface area contributed by atoms with Gasteiger partial charge in [-0.1, -0.05) is 23.7 Å². The summed E-state index contributed by atoms with van der Waals surface area (Å²) in [4.78, 5) is 11.8. The molecule has 0 aromatic heterocycles. The molecule has 18 heavy (non-hydrogen) atoms. The lowest BCUT2D eigenvalue weighted by atomic mass is 10.1. The van der Waals surface area contributed by atoms with E-state index in [2.05, 4.69) is 10.6 Å². The zero-order valence-electron chi connectivity index (χ0n) is 10.7. The minimum Gasteiger partial charge on any atom is -0.352 e. The van der Waals surface area contributed by atoms with Crippen molar-refractivity contribution in [3.63, 3.8) is 0 Å². The third-order valence-corrected chi connectivity index (χ3v) is 3.40. The largest absolute Gasteiger partial charge is 0.352 e. The van der Waals surface area contributed by atoms with Crippen LogP contribution in [0.1, 0.15) is 38.3 Å². The molecule has 1 aromatic carbocycles. The second-order valence-electron chi connectivity index (χ2n) is 4.95. The Labute approximate surface area is 113 Å². The van der Waals surface area contributed by atoms with Crippen LogP contribution in [0, 0.1) is 0 Å². The first kappa shape index (κ1) is 13.4. The van der Waals surface area contributed by atoms with E-state index < -0.39 is 0 Å². The van der Waals surface area contributed by atoms with Crippen LogP contribution in [0.4, 0.5) is 0 Å². The molecule has 98 valence electrons. The zero-order valence-corrected chi connectivity index (χ0v) is 11.5. The smallest absolute Gasteiger partial charge is 0.237 e. The quantitative estimate of drug-likeness (QED) is 0.860. The normalized spacial score (nSPS) is 18.2. The first-order valence-corrected chi connectivity index (χ1v) is 6.76. The molecular formula is C14H19ClN2O. The van der Waals surface area contributed by atoms with Crippen molar-refractivity contribution in [1.29, 1.82) is 0 Å². The molecule has 1 aromatic rings. The maximum atomic E-state index is 11.8. The summed E-state index contributed by atoms with van der Waals surface area (Å²) < 4.78 is 0. The van der Waals surface area contributed by atoms with Crippen molar-refractivity contribution in [2.24, 2.45) is 0 Å². The van der Waals surface area contributed by atoms with Gasteiger partial charge < -0.3 is 5.32 Å². The average molecular weight is 267 g/mol. The van der Waals surface area contributed by atoms with E-state index in [4.69, 9.17) is 11.6 Å². The van der Waals surface area contributed by atoms with Gasteiger partial charge in [0.25, 0.3) is 0 Å². The highest BCUT2D eigenvalue weighted by Gasteiger charge is 2.26. The van der Waals surface area contributed by atoms with Gasteiger partial charge in [-0.2, -0.15) is 0 Å². The highest BCUT2D eigenvalue weighted by molar-refractivity contribution is 6.30. The molecule has 1 unspecified atom stereocenters. The first-order valence-electron chi connectivity index (χ1n) is 6.38. The molecule has 0 saturated heterocycles. The fourth-order valence-corrected chi connectivity index (χ4v) is 2.08. The van der Waals surface area contributed by atoms with E-state index >= 15 is 0 Å². The summed E-state index contributed by atoms with van der Waals surface area (Å²) in [5, 5.41) is 7.00. The van der Waals surface area contributed by atoms with Crippen LogP contribution in [0.5, 0.6) is 0 Å². The fraction of sp³-hybridized carbons (Fsp3) is 0.500. The van der Waals surface area contributed by atoms with Gasteiger partial charge in [-0.15, -0.1) is 0 Å². The van der Waals surface area contributed by atoms with Gasteiger partial charge in [-0.05, 0) is 44.4 Å². The van der Waals surface area contributed by atoms with Gasteiger partial charge in [0, 0.05) is 17.1 Å². The summed E-state index contributed by atoms with van der Waals surface area (Å²) in [6, 6.07) is 8.01. The molecule has 1 amide bonds. The number of benzene rings is 1. The fourth-order valence-electron chi connectivity index (χ4n) is 1.88. The van der Waals surface area contributed by atoms with Gasteiger partial charge >= 0.3 is 0 Å². The molecule has 1 aliphatic rings. The van der Waals surface area contributed by atoms with Crippen LogP contribution < -0.4 is 10.6 Å². The van der Waals surface area contributed by atoms with Crippen LogP contribution >= 0.6 is 11.6 Å². The van der Waals surface area contributed by atoms with Crippen molar-refractivity contribution in [2.45, 2.75) is 44.8 Å². The Hall–Kier alpha value is -1.06. The summed E-state index contributed by atoms with van der Waals surface area (Å²) in [6.07, 6.45) is 2.23. The molecular weight excluding hydrogens is 248 g/mol. The molecule has 1 saturated carbocycles. The molecule has 0 radical (unpaired) electrons. The van der Waals surface area contributed by atoms with E-state index in [1.54, 1.807) is 0 Å². The number of carbonyl (C=O) groups is 1. The van der Waals surface area contributed by atoms with E-state index in [9.17, 15) is 4.79 Å². The van der Waals surface area contributed by atoms with E-state index in [1.165, 1.54) is 0 Å². The monoisotopic (exact) mass is 266 g/mol. The average Bonchev–Trinajstić information content (AvgIpc) is 3.12. The molecule has 0 heterocycles. The van der Waals surface area contributed by atoms with Crippen LogP contribution in [0.15, 0.2) is 24.3 Å². The maximum Gasteiger partial charge on any atom is 0.237 e. The number of hydrogen-bond acceptors (Lipinski definition) is 2. The Kier molecular flexibility index (Phi) is 4.25. The van der Waals surface area contributed by atoms with Gasteiger partial charge in [0.15, 0.2) is 0 Å². The number of carbonyl (C=O) groups excluding carboxylic acids is 1. The molecule has 3 nitrogen and oxygen atoms in total. The van der Waals surface area contributed by atoms with E-state index in [0.717, 1.165) is 23.4 Å². The number of halogens is 1. The Morgan fingerprint density at radius 2 is 2.11 bits per heavy atom. The van der Waals surface area contributed by atoms with E-state index in [0.29, 0.717) is 6.04 Å². The predicted octanol–water partition coefficient (Wildman–Crippen LogP) is 2.66. The molecule has 0 spiro atoms. The molecule has 1 aliphatic carbocycles. The molecule has 4 heteroatoms. The lowest BCUT2D eigenvalue weighted by Crippen LogP contribution is -2.43. The Morgan fingerprint density at radius 1 is 1.39 bits per heavy atom. The van der Waals surface area contributed by atoms with Crippen molar-refractivity contribution < 1.29 is 4.79 Å². The summed E-state index contributed by atoms with van der Waals surface area (Å²) in [6.45, 7) is 3.92. The number of amides is 1. The van der Waals surface area contributed by atoms with Gasteiger partial charge in [0.2, 0.25) is 5.91 Å². The highest BCUT2D eigenvalue weighted by Crippen LogP contribution is 2.20. The van der Waals surface area contributed by atoms with Crippen LogP contribution in [0.25, 0.3) is 0 Å². The number of nitrogens with one attached hydrogen (secondary N) is 2. The Balaban J connectivity index is 1.89. The van der Waals surface area contributed by atoms with Gasteiger partial charge in [0.05, 0.1) is 6.04 Å². The van der Waals surface area contributed by atoms with Crippen molar-refractivity contribution >= 4 is 17.5 Å². The molecule has 0 bridgehead atoms. The van der Waals surface area contributed by atoms with Crippen LogP contribution in [0.2, 0.25) is 5.02 Å². The van der Waals surface area contributed by atoms with Crippen LogP contribution in [0.3, 0.4) is 0 Å². The van der Waals surface area contributed by atoms with Crippen LogP contribution in [-0.4, -0.2) is 18.0 Å². The molecule has 2 rings (SSSR count). The summed E-state index contributed by atoms with van der Waals surface area (Å²) >= 11 is 5.96. The minimum absolute atomic E-state index is 0.0754. The standard InChI is InChI=1S/C14H19ClN2O/c1-9(11-4-3-5-12(15)8-11)16-10(2)14(18)17-13-6-7-13/h3-5,8-10,13,16H,6-7H2,1-2H3,(H,17,18)/t9-,10?/m0/s1. The SMILES string of the molecule is CC(N[C@@H](C)c1cccc(Cl)c1)C(=O)NC1CC1. The number of rotatable bonds is 5. The zero-order chi connectivity index (χ0) is 13.1. The van der Waals surface area contributed by atoms with Crippen molar-refractivity contribution in [3.05, 3.63) is 34.9 Å². The predicted molar refractivity (Wildman–Crippen MR) is 73.6 cm³/mol. The van der Waals surface area contributed by atoms with Gasteiger partial charge in [0.1, 0.15) is 0 Å². The molecule has 0 aliphatic heterocycles. The second kappa shape index (κ2) is 5.72. The lowest BCUT2D eigenvalue weighted by Gasteiger charge is -2.20. The minimum atomic E-state index is -0.195. The van der Waals surface area contributed by atoms with E-state index in [1.807, 2.05) is 38.1 Å². The number of hydrogen-bond donors (Lipinski definition) is 2. The summed E-state index contributed by atoms with van der Waals surface area (Å²) in [7, 11) is 0. The lowest BCUT2D eigenvalue weighted by molar-refractivity contribution is -0.123. The molecule has 1 fully saturated rings. The molecule has 2 atom stereocenters. The van der Waals surface area contributed by atoms with E-state index in [-0.39, 0.29) is 18.0 Å². The van der Waals surface area contributed by atoms with Crippen molar-refractivity contribution in [2.75, 3.05) is 0 Å². The Morgan fingerprint density at radius 3 is 2.72 bits per heavy atom. The van der Waals surface area contributed by atoms with Gasteiger partial charge in [-0.25, -0.2) is 0 Å². The Bertz CT molecular complexity index is 432. The topological polar surface area (TPSA) is 41.1 Å². The summed E-state index contributed by atoms with van der Waals surface area (Å²) in [5.41, 5.74) is 1.09. The summed E-state index contributed by atoms with van der Waals surface area (Å²) in [5.74, 6) is 0.0754. The molecule has 2 N–H and O–H groups in total. The highest BCUT2D eigenvalue weighted by atomic mass is 35.5. The second-order valence-corrected chi connectivity index (χ2v) is 5.38. The maximum absolute atomic E-state index is 11.8. The first-order chi connectivity index (χ1) is 8.56. The van der Waals surface area contributed by atoms with Gasteiger partial charge in [-0.3, -0.25) is 10.1 Å². The third-order valence-electron chi connectivity index (χ3n) is 3.17. The third kappa shape index (κ3) is 3.72.